The van der Waals surface area contributed by atoms with E-state index in [0.29, 0.717) is 19.5 Å². The first-order valence-electron chi connectivity index (χ1n) is 7.39. The summed E-state index contributed by atoms with van der Waals surface area (Å²) in [5.74, 6) is -1.81. The average molecular weight is 331 g/mol. The first kappa shape index (κ1) is 15.7. The van der Waals surface area contributed by atoms with Crippen LogP contribution in [0.1, 0.15) is 24.8 Å². The van der Waals surface area contributed by atoms with Gasteiger partial charge in [0.05, 0.1) is 11.5 Å². The second-order valence-electron chi connectivity index (χ2n) is 6.52. The van der Waals surface area contributed by atoms with E-state index in [-0.39, 0.29) is 29.0 Å². The second-order valence-corrected chi connectivity index (χ2v) is 8.70. The summed E-state index contributed by atoms with van der Waals surface area (Å²) in [6, 6.07) is 2.04. The molecule has 2 aliphatic heterocycles. The molecule has 122 valence electrons. The van der Waals surface area contributed by atoms with Crippen LogP contribution in [0.15, 0.2) is 12.1 Å². The molecule has 2 saturated heterocycles. The minimum atomic E-state index is -2.99. The third-order valence-electron chi connectivity index (χ3n) is 4.76. The molecule has 2 heterocycles. The quantitative estimate of drug-likeness (QED) is 0.901. The smallest absolute Gasteiger partial charge is 0.172 e. The Morgan fingerprint density at radius 2 is 2.05 bits per heavy atom. The van der Waals surface area contributed by atoms with Gasteiger partial charge in [0.25, 0.3) is 0 Å². The van der Waals surface area contributed by atoms with Crippen LogP contribution >= 0.6 is 0 Å². The summed E-state index contributed by atoms with van der Waals surface area (Å²) < 4.78 is 51.2. The van der Waals surface area contributed by atoms with Crippen LogP contribution in [0.2, 0.25) is 0 Å². The van der Waals surface area contributed by atoms with Gasteiger partial charge in [-0.15, -0.1) is 0 Å². The number of halogens is 2. The minimum absolute atomic E-state index is 0.0495. The Morgan fingerprint density at radius 3 is 2.73 bits per heavy atom. The van der Waals surface area contributed by atoms with E-state index in [2.05, 4.69) is 0 Å². The lowest BCUT2D eigenvalue weighted by molar-refractivity contribution is 0.100. The lowest BCUT2D eigenvalue weighted by atomic mass is 9.79. The molecule has 3 rings (SSSR count). The topological polar surface area (TPSA) is 57.6 Å². The Bertz CT molecular complexity index is 692. The average Bonchev–Trinajstić information content (AvgIpc) is 2.74. The molecule has 7 heteroatoms. The fourth-order valence-corrected chi connectivity index (χ4v) is 5.90. The number of hydrogen-bond donors (Lipinski definition) is 1. The third-order valence-corrected chi connectivity index (χ3v) is 6.64. The molecular formula is C15H19F2NO3S. The van der Waals surface area contributed by atoms with Crippen LogP contribution in [-0.4, -0.2) is 43.0 Å². The molecule has 0 saturated carbocycles. The number of likely N-dealkylation sites (tertiary alicyclic amines) is 1. The zero-order valence-corrected chi connectivity index (χ0v) is 13.0. The first-order valence-corrected chi connectivity index (χ1v) is 9.21. The molecule has 0 aromatic heterocycles. The molecule has 0 bridgehead atoms. The Morgan fingerprint density at radius 1 is 1.27 bits per heavy atom. The Labute approximate surface area is 128 Å². The summed E-state index contributed by atoms with van der Waals surface area (Å²) in [4.78, 5) is 1.89. The van der Waals surface area contributed by atoms with E-state index >= 15 is 0 Å². The number of nitrogens with zero attached hydrogens (tertiary/aromatic N) is 1. The molecule has 2 aliphatic rings. The van der Waals surface area contributed by atoms with Crippen LogP contribution in [0.3, 0.4) is 0 Å². The molecule has 1 N–H and O–H groups in total. The molecule has 2 fully saturated rings. The normalized spacial score (nSPS) is 28.3. The van der Waals surface area contributed by atoms with Gasteiger partial charge in [0.1, 0.15) is 5.82 Å². The molecule has 1 unspecified atom stereocenters. The van der Waals surface area contributed by atoms with Crippen LogP contribution in [0.5, 0.6) is 5.75 Å². The highest BCUT2D eigenvalue weighted by atomic mass is 32.2. The molecule has 1 atom stereocenters. The van der Waals surface area contributed by atoms with Gasteiger partial charge in [-0.05, 0) is 43.4 Å². The summed E-state index contributed by atoms with van der Waals surface area (Å²) in [7, 11) is -2.99. The molecule has 4 nitrogen and oxygen atoms in total. The van der Waals surface area contributed by atoms with Gasteiger partial charge in [-0.2, -0.15) is 0 Å². The van der Waals surface area contributed by atoms with E-state index in [1.165, 1.54) is 0 Å². The summed E-state index contributed by atoms with van der Waals surface area (Å²) >= 11 is 0. The lowest BCUT2D eigenvalue weighted by Gasteiger charge is -2.39. The van der Waals surface area contributed by atoms with Crippen LogP contribution in [-0.2, 0) is 16.4 Å². The molecule has 0 aliphatic carbocycles. The molecule has 1 aromatic carbocycles. The number of piperidine rings is 1. The summed E-state index contributed by atoms with van der Waals surface area (Å²) in [6.07, 6.45) is 2.28. The zero-order chi connectivity index (χ0) is 16.0. The van der Waals surface area contributed by atoms with E-state index in [0.717, 1.165) is 25.0 Å². The van der Waals surface area contributed by atoms with Crippen molar-refractivity contribution in [3.05, 3.63) is 29.3 Å². The van der Waals surface area contributed by atoms with Gasteiger partial charge in [0.2, 0.25) is 0 Å². The standard InChI is InChI=1S/C15H19F2NO3S/c16-12-2-3-13(19)14(17)11(12)8-18-6-1-4-15(9-18)5-7-22(20,21)10-15/h2-3,19H,1,4-10H2. The molecule has 0 radical (unpaired) electrons. The van der Waals surface area contributed by atoms with E-state index in [1.54, 1.807) is 0 Å². The molecule has 0 amide bonds. The number of phenols is 1. The van der Waals surface area contributed by atoms with Crippen molar-refractivity contribution >= 4 is 9.84 Å². The fraction of sp³-hybridized carbons (Fsp3) is 0.600. The minimum Gasteiger partial charge on any atom is -0.505 e. The predicted octanol–water partition coefficient (Wildman–Crippen LogP) is 2.07. The van der Waals surface area contributed by atoms with E-state index in [9.17, 15) is 22.3 Å². The van der Waals surface area contributed by atoms with E-state index in [1.807, 2.05) is 4.90 Å². The van der Waals surface area contributed by atoms with Gasteiger partial charge >= 0.3 is 0 Å². The molecule has 1 aromatic rings. The SMILES string of the molecule is O=S1(=O)CCC2(CCCN(Cc3c(F)ccc(O)c3F)C2)C1. The summed E-state index contributed by atoms with van der Waals surface area (Å²) in [6.45, 7) is 1.25. The van der Waals surface area contributed by atoms with Gasteiger partial charge in [-0.1, -0.05) is 0 Å². The number of aromatic hydroxyl groups is 1. The highest BCUT2D eigenvalue weighted by Crippen LogP contribution is 2.40. The Hall–Kier alpha value is -1.21. The fourth-order valence-electron chi connectivity index (χ4n) is 3.70. The van der Waals surface area contributed by atoms with Gasteiger partial charge in [0, 0.05) is 18.7 Å². The second kappa shape index (κ2) is 5.45. The monoisotopic (exact) mass is 331 g/mol. The maximum absolute atomic E-state index is 13.9. The highest BCUT2D eigenvalue weighted by Gasteiger charge is 2.44. The van der Waals surface area contributed by atoms with Crippen molar-refractivity contribution in [2.24, 2.45) is 5.41 Å². The number of phenolic OH excluding ortho intramolecular Hbond substituents is 1. The molecular weight excluding hydrogens is 312 g/mol. The van der Waals surface area contributed by atoms with Gasteiger partial charge in [-0.3, -0.25) is 4.90 Å². The van der Waals surface area contributed by atoms with Crippen molar-refractivity contribution in [1.29, 1.82) is 0 Å². The lowest BCUT2D eigenvalue weighted by Crippen LogP contribution is -2.43. The maximum Gasteiger partial charge on any atom is 0.172 e. The first-order chi connectivity index (χ1) is 10.3. The zero-order valence-electron chi connectivity index (χ0n) is 12.2. The van der Waals surface area contributed by atoms with Crippen molar-refractivity contribution < 1.29 is 22.3 Å². The highest BCUT2D eigenvalue weighted by molar-refractivity contribution is 7.91. The third kappa shape index (κ3) is 2.96. The van der Waals surface area contributed by atoms with Gasteiger partial charge < -0.3 is 5.11 Å². The van der Waals surface area contributed by atoms with E-state index < -0.39 is 27.2 Å². The predicted molar refractivity (Wildman–Crippen MR) is 78.2 cm³/mol. The molecule has 1 spiro atoms. The van der Waals surface area contributed by atoms with E-state index in [4.69, 9.17) is 0 Å². The summed E-state index contributed by atoms with van der Waals surface area (Å²) in [5, 5.41) is 9.39. The Balaban J connectivity index is 1.78. The van der Waals surface area contributed by atoms with Crippen molar-refractivity contribution in [3.8, 4) is 5.75 Å². The van der Waals surface area contributed by atoms with Gasteiger partial charge in [-0.25, -0.2) is 17.2 Å². The van der Waals surface area contributed by atoms with Gasteiger partial charge in [0.15, 0.2) is 21.4 Å². The largest absolute Gasteiger partial charge is 0.505 e. The van der Waals surface area contributed by atoms with Crippen molar-refractivity contribution in [3.63, 3.8) is 0 Å². The van der Waals surface area contributed by atoms with Crippen molar-refractivity contribution in [1.82, 2.24) is 4.90 Å². The number of sulfone groups is 1. The van der Waals surface area contributed by atoms with Crippen LogP contribution in [0, 0.1) is 17.0 Å². The van der Waals surface area contributed by atoms with Crippen molar-refractivity contribution in [2.75, 3.05) is 24.6 Å². The van der Waals surface area contributed by atoms with Crippen molar-refractivity contribution in [2.45, 2.75) is 25.8 Å². The van der Waals surface area contributed by atoms with Crippen LogP contribution in [0.25, 0.3) is 0 Å². The number of rotatable bonds is 2. The Kier molecular flexibility index (Phi) is 3.89. The summed E-state index contributed by atoms with van der Waals surface area (Å²) in [5.41, 5.74) is -0.432. The van der Waals surface area contributed by atoms with Crippen LogP contribution in [0.4, 0.5) is 8.78 Å². The molecule has 22 heavy (non-hydrogen) atoms. The number of benzene rings is 1. The maximum atomic E-state index is 13.9. The van der Waals surface area contributed by atoms with Crippen LogP contribution < -0.4 is 0 Å². The number of hydrogen-bond acceptors (Lipinski definition) is 4.